The number of piperidine rings is 1. The maximum absolute atomic E-state index is 13.1. The van der Waals surface area contributed by atoms with Crippen molar-refractivity contribution in [1.82, 2.24) is 20.4 Å². The van der Waals surface area contributed by atoms with E-state index in [1.165, 1.54) is 6.92 Å². The van der Waals surface area contributed by atoms with E-state index in [0.717, 1.165) is 50.8 Å². The summed E-state index contributed by atoms with van der Waals surface area (Å²) in [5.41, 5.74) is -0.685. The molecular formula is C18H27N5O2. The first-order valence-corrected chi connectivity index (χ1v) is 9.21. The van der Waals surface area contributed by atoms with Gasteiger partial charge in [-0.1, -0.05) is 19.3 Å². The van der Waals surface area contributed by atoms with Crippen molar-refractivity contribution in [3.8, 4) is 0 Å². The number of carbonyl (C=O) groups excluding carboxylic acids is 2. The third-order valence-corrected chi connectivity index (χ3v) is 5.24. The third-order valence-electron chi connectivity index (χ3n) is 5.24. The zero-order valence-corrected chi connectivity index (χ0v) is 14.8. The molecule has 2 N–H and O–H groups in total. The standard InChI is InChI=1S/C18H27N5O2/c1-14(24)21-18(9-3-2-4-10-18)17(25)23-12-7-15(8-13-23)20-16-6-5-11-19-22-16/h5-6,11,15H,2-4,7-10,12-13H2,1H3,(H,20,22)(H,21,24). The molecule has 1 saturated carbocycles. The molecule has 0 atom stereocenters. The van der Waals surface area contributed by atoms with Gasteiger partial charge in [0.1, 0.15) is 11.4 Å². The van der Waals surface area contributed by atoms with Crippen LogP contribution in [0.5, 0.6) is 0 Å². The number of hydrogen-bond acceptors (Lipinski definition) is 5. The Kier molecular flexibility index (Phi) is 5.50. The average molecular weight is 345 g/mol. The molecule has 0 bridgehead atoms. The predicted octanol–water partition coefficient (Wildman–Crippen LogP) is 1.72. The van der Waals surface area contributed by atoms with Crippen LogP contribution in [0.2, 0.25) is 0 Å². The second kappa shape index (κ2) is 7.80. The number of anilines is 1. The van der Waals surface area contributed by atoms with E-state index in [1.807, 2.05) is 17.0 Å². The van der Waals surface area contributed by atoms with Gasteiger partial charge in [0.05, 0.1) is 0 Å². The van der Waals surface area contributed by atoms with E-state index in [2.05, 4.69) is 20.8 Å². The fraction of sp³-hybridized carbons (Fsp3) is 0.667. The van der Waals surface area contributed by atoms with Crippen molar-refractivity contribution < 1.29 is 9.59 Å². The Morgan fingerprint density at radius 2 is 1.92 bits per heavy atom. The molecule has 0 unspecified atom stereocenters. The second-order valence-corrected chi connectivity index (χ2v) is 7.14. The fourth-order valence-electron chi connectivity index (χ4n) is 4.00. The second-order valence-electron chi connectivity index (χ2n) is 7.14. The summed E-state index contributed by atoms with van der Waals surface area (Å²) in [6, 6.07) is 4.05. The van der Waals surface area contributed by atoms with E-state index >= 15 is 0 Å². The van der Waals surface area contributed by atoms with Crippen molar-refractivity contribution in [3.05, 3.63) is 18.3 Å². The maximum atomic E-state index is 13.1. The van der Waals surface area contributed by atoms with Crippen molar-refractivity contribution in [2.75, 3.05) is 18.4 Å². The Morgan fingerprint density at radius 1 is 1.20 bits per heavy atom. The first-order chi connectivity index (χ1) is 12.1. The first-order valence-electron chi connectivity index (χ1n) is 9.21. The highest BCUT2D eigenvalue weighted by atomic mass is 16.2. The number of nitrogens with zero attached hydrogens (tertiary/aromatic N) is 3. The number of amides is 2. The lowest BCUT2D eigenvalue weighted by atomic mass is 9.80. The number of hydrogen-bond donors (Lipinski definition) is 2. The van der Waals surface area contributed by atoms with E-state index in [-0.39, 0.29) is 11.8 Å². The van der Waals surface area contributed by atoms with E-state index < -0.39 is 5.54 Å². The number of carbonyl (C=O) groups is 2. The van der Waals surface area contributed by atoms with Crippen molar-refractivity contribution in [2.45, 2.75) is 63.5 Å². The predicted molar refractivity (Wildman–Crippen MR) is 94.9 cm³/mol. The molecule has 0 spiro atoms. The summed E-state index contributed by atoms with van der Waals surface area (Å²) >= 11 is 0. The lowest BCUT2D eigenvalue weighted by Gasteiger charge is -2.42. The maximum Gasteiger partial charge on any atom is 0.248 e. The lowest BCUT2D eigenvalue weighted by Crippen LogP contribution is -2.61. The van der Waals surface area contributed by atoms with E-state index in [4.69, 9.17) is 0 Å². The Labute approximate surface area is 148 Å². The minimum absolute atomic E-state index is 0.0975. The highest BCUT2D eigenvalue weighted by molar-refractivity contribution is 5.91. The van der Waals surface area contributed by atoms with Gasteiger partial charge in [-0.05, 0) is 37.8 Å². The van der Waals surface area contributed by atoms with Crippen LogP contribution in [0, 0.1) is 0 Å². The van der Waals surface area contributed by atoms with Crippen molar-refractivity contribution in [1.29, 1.82) is 0 Å². The Hall–Kier alpha value is -2.18. The zero-order valence-electron chi connectivity index (χ0n) is 14.8. The molecule has 1 saturated heterocycles. The minimum atomic E-state index is -0.685. The molecular weight excluding hydrogens is 318 g/mol. The summed E-state index contributed by atoms with van der Waals surface area (Å²) < 4.78 is 0. The first kappa shape index (κ1) is 17.6. The van der Waals surface area contributed by atoms with Crippen LogP contribution >= 0.6 is 0 Å². The molecule has 25 heavy (non-hydrogen) atoms. The summed E-state index contributed by atoms with van der Waals surface area (Å²) in [6.45, 7) is 2.91. The van der Waals surface area contributed by atoms with Gasteiger partial charge < -0.3 is 15.5 Å². The number of rotatable bonds is 4. The van der Waals surface area contributed by atoms with Crippen LogP contribution in [-0.2, 0) is 9.59 Å². The molecule has 1 aromatic rings. The van der Waals surface area contributed by atoms with Crippen LogP contribution in [0.1, 0.15) is 51.9 Å². The van der Waals surface area contributed by atoms with Gasteiger partial charge in [0.15, 0.2) is 0 Å². The van der Waals surface area contributed by atoms with Crippen molar-refractivity contribution in [2.24, 2.45) is 0 Å². The largest absolute Gasteiger partial charge is 0.366 e. The van der Waals surface area contributed by atoms with Gasteiger partial charge in [-0.3, -0.25) is 9.59 Å². The summed E-state index contributed by atoms with van der Waals surface area (Å²) in [7, 11) is 0. The normalized spacial score (nSPS) is 20.8. The Bertz CT molecular complexity index is 593. The molecule has 3 rings (SSSR count). The molecule has 136 valence electrons. The molecule has 0 radical (unpaired) electrons. The van der Waals surface area contributed by atoms with E-state index in [1.54, 1.807) is 6.20 Å². The third kappa shape index (κ3) is 4.27. The number of aromatic nitrogens is 2. The van der Waals surface area contributed by atoms with Crippen LogP contribution in [-0.4, -0.2) is 51.6 Å². The fourth-order valence-corrected chi connectivity index (χ4v) is 4.00. The molecule has 7 heteroatoms. The van der Waals surface area contributed by atoms with Crippen LogP contribution in [0.25, 0.3) is 0 Å². The average Bonchev–Trinajstić information content (AvgIpc) is 2.63. The smallest absolute Gasteiger partial charge is 0.248 e. The number of likely N-dealkylation sites (tertiary alicyclic amines) is 1. The molecule has 0 aromatic carbocycles. The summed E-state index contributed by atoms with van der Waals surface area (Å²) in [5.74, 6) is 0.754. The monoisotopic (exact) mass is 345 g/mol. The van der Waals surface area contributed by atoms with Crippen LogP contribution in [0.4, 0.5) is 5.82 Å². The summed E-state index contributed by atoms with van der Waals surface area (Å²) in [4.78, 5) is 26.7. The van der Waals surface area contributed by atoms with Crippen molar-refractivity contribution >= 4 is 17.6 Å². The molecule has 7 nitrogen and oxygen atoms in total. The van der Waals surface area contributed by atoms with Crippen LogP contribution in [0.15, 0.2) is 18.3 Å². The summed E-state index contributed by atoms with van der Waals surface area (Å²) in [5, 5.41) is 14.3. The van der Waals surface area contributed by atoms with Gasteiger partial charge >= 0.3 is 0 Å². The van der Waals surface area contributed by atoms with Gasteiger partial charge in [0, 0.05) is 32.3 Å². The quantitative estimate of drug-likeness (QED) is 0.867. The molecule has 1 aliphatic carbocycles. The van der Waals surface area contributed by atoms with Crippen molar-refractivity contribution in [3.63, 3.8) is 0 Å². The highest BCUT2D eigenvalue weighted by Gasteiger charge is 2.43. The van der Waals surface area contributed by atoms with Gasteiger partial charge in [-0.25, -0.2) is 0 Å². The molecule has 1 aliphatic heterocycles. The SMILES string of the molecule is CC(=O)NC1(C(=O)N2CCC(Nc3cccnn3)CC2)CCCCC1. The Balaban J connectivity index is 1.59. The van der Waals surface area contributed by atoms with E-state index in [9.17, 15) is 9.59 Å². The minimum Gasteiger partial charge on any atom is -0.366 e. The molecule has 2 amide bonds. The highest BCUT2D eigenvalue weighted by Crippen LogP contribution is 2.31. The topological polar surface area (TPSA) is 87.2 Å². The zero-order chi connectivity index (χ0) is 17.7. The van der Waals surface area contributed by atoms with E-state index in [0.29, 0.717) is 19.1 Å². The van der Waals surface area contributed by atoms with Gasteiger partial charge in [-0.15, -0.1) is 5.10 Å². The molecule has 2 fully saturated rings. The van der Waals surface area contributed by atoms with Gasteiger partial charge in [-0.2, -0.15) is 5.10 Å². The van der Waals surface area contributed by atoms with Crippen LogP contribution < -0.4 is 10.6 Å². The Morgan fingerprint density at radius 3 is 2.52 bits per heavy atom. The molecule has 2 aliphatic rings. The lowest BCUT2D eigenvalue weighted by molar-refractivity contribution is -0.144. The summed E-state index contributed by atoms with van der Waals surface area (Å²) in [6.07, 6.45) is 8.04. The number of nitrogens with one attached hydrogen (secondary N) is 2. The molecule has 1 aromatic heterocycles. The van der Waals surface area contributed by atoms with Crippen LogP contribution in [0.3, 0.4) is 0 Å². The van der Waals surface area contributed by atoms with Gasteiger partial charge in [0.25, 0.3) is 0 Å². The van der Waals surface area contributed by atoms with Gasteiger partial charge in [0.2, 0.25) is 11.8 Å². The molecule has 2 heterocycles.